The normalized spacial score (nSPS) is 10.4. The van der Waals surface area contributed by atoms with Gasteiger partial charge in [-0.15, -0.1) is 0 Å². The van der Waals surface area contributed by atoms with Crippen LogP contribution in [0.2, 0.25) is 0 Å². The van der Waals surface area contributed by atoms with E-state index in [1.165, 1.54) is 18.2 Å². The third-order valence-corrected chi connectivity index (χ3v) is 2.99. The summed E-state index contributed by atoms with van der Waals surface area (Å²) >= 11 is 0. The first-order valence-corrected chi connectivity index (χ1v) is 7.08. The number of carbonyl (C=O) groups excluding carboxylic acids is 1. The first kappa shape index (κ1) is 16.7. The molecule has 122 valence electrons. The van der Waals surface area contributed by atoms with Crippen LogP contribution in [0.4, 0.5) is 8.78 Å². The van der Waals surface area contributed by atoms with Crippen LogP contribution in [0, 0.1) is 6.92 Å². The van der Waals surface area contributed by atoms with Crippen molar-refractivity contribution in [3.63, 3.8) is 0 Å². The summed E-state index contributed by atoms with van der Waals surface area (Å²) in [6.45, 7) is -0.508. The van der Waals surface area contributed by atoms with E-state index in [-0.39, 0.29) is 24.5 Å². The molecule has 6 heteroatoms. The topological polar surface area (TPSA) is 47.6 Å². The zero-order valence-corrected chi connectivity index (χ0v) is 12.6. The van der Waals surface area contributed by atoms with Gasteiger partial charge in [-0.3, -0.25) is 4.79 Å². The van der Waals surface area contributed by atoms with E-state index >= 15 is 0 Å². The van der Waals surface area contributed by atoms with Crippen LogP contribution < -0.4 is 14.8 Å². The van der Waals surface area contributed by atoms with Crippen molar-refractivity contribution in [1.29, 1.82) is 0 Å². The van der Waals surface area contributed by atoms with E-state index in [4.69, 9.17) is 4.74 Å². The molecule has 0 aliphatic carbocycles. The minimum Gasteiger partial charge on any atom is -0.492 e. The second-order valence-electron chi connectivity index (χ2n) is 4.80. The summed E-state index contributed by atoms with van der Waals surface area (Å²) in [6, 6.07) is 13.4. The molecule has 2 rings (SSSR count). The molecule has 4 nitrogen and oxygen atoms in total. The van der Waals surface area contributed by atoms with Crippen molar-refractivity contribution in [2.45, 2.75) is 13.5 Å². The maximum Gasteiger partial charge on any atom is 0.387 e. The lowest BCUT2D eigenvalue weighted by molar-refractivity contribution is -0.0501. The fourth-order valence-corrected chi connectivity index (χ4v) is 1.99. The zero-order valence-electron chi connectivity index (χ0n) is 12.6. The molecule has 0 heterocycles. The average molecular weight is 321 g/mol. The van der Waals surface area contributed by atoms with Gasteiger partial charge in [0, 0.05) is 0 Å². The third kappa shape index (κ3) is 5.25. The molecule has 0 aliphatic heterocycles. The number of rotatable bonds is 7. The molecule has 1 N–H and O–H groups in total. The van der Waals surface area contributed by atoms with Crippen LogP contribution in [0.25, 0.3) is 0 Å². The van der Waals surface area contributed by atoms with Crippen LogP contribution in [0.15, 0.2) is 48.5 Å². The summed E-state index contributed by atoms with van der Waals surface area (Å²) < 4.78 is 34.5. The van der Waals surface area contributed by atoms with E-state index in [0.29, 0.717) is 5.75 Å². The van der Waals surface area contributed by atoms with Gasteiger partial charge in [0.15, 0.2) is 0 Å². The standard InChI is InChI=1S/C17H17F2NO3/c1-12-5-4-6-13(11-12)22-10-9-20-16(21)14-7-2-3-8-15(14)23-17(18)19/h2-8,11,17H,9-10H2,1H3,(H,20,21). The van der Waals surface area contributed by atoms with E-state index in [1.807, 2.05) is 31.2 Å². The van der Waals surface area contributed by atoms with E-state index < -0.39 is 12.5 Å². The van der Waals surface area contributed by atoms with Crippen molar-refractivity contribution in [2.75, 3.05) is 13.2 Å². The second kappa shape index (κ2) is 8.12. The number of hydrogen-bond donors (Lipinski definition) is 1. The maximum atomic E-state index is 12.3. The number of nitrogens with one attached hydrogen (secondary N) is 1. The Morgan fingerprint density at radius 2 is 1.96 bits per heavy atom. The lowest BCUT2D eigenvalue weighted by atomic mass is 10.2. The predicted molar refractivity (Wildman–Crippen MR) is 82.1 cm³/mol. The molecule has 0 saturated carbocycles. The largest absolute Gasteiger partial charge is 0.492 e. The van der Waals surface area contributed by atoms with E-state index in [0.717, 1.165) is 5.56 Å². The van der Waals surface area contributed by atoms with Gasteiger partial charge < -0.3 is 14.8 Å². The van der Waals surface area contributed by atoms with Crippen molar-refractivity contribution in [3.8, 4) is 11.5 Å². The van der Waals surface area contributed by atoms with Gasteiger partial charge in [0.25, 0.3) is 5.91 Å². The van der Waals surface area contributed by atoms with Gasteiger partial charge in [-0.25, -0.2) is 0 Å². The Kier molecular flexibility index (Phi) is 5.91. The van der Waals surface area contributed by atoms with Crippen molar-refractivity contribution < 1.29 is 23.0 Å². The molecule has 0 aromatic heterocycles. The van der Waals surface area contributed by atoms with Crippen molar-refractivity contribution in [3.05, 3.63) is 59.7 Å². The van der Waals surface area contributed by atoms with Crippen molar-refractivity contribution in [2.24, 2.45) is 0 Å². The van der Waals surface area contributed by atoms with Crippen molar-refractivity contribution in [1.82, 2.24) is 5.32 Å². The molecular formula is C17H17F2NO3. The summed E-state index contributed by atoms with van der Waals surface area (Å²) in [4.78, 5) is 12.0. The van der Waals surface area contributed by atoms with E-state index in [9.17, 15) is 13.6 Å². The van der Waals surface area contributed by atoms with Crippen LogP contribution in [0.1, 0.15) is 15.9 Å². The zero-order chi connectivity index (χ0) is 16.7. The SMILES string of the molecule is Cc1cccc(OCCNC(=O)c2ccccc2OC(F)F)c1. The molecule has 2 aromatic carbocycles. The van der Waals surface area contributed by atoms with Crippen LogP contribution in [-0.4, -0.2) is 25.7 Å². The number of ether oxygens (including phenoxy) is 2. The molecule has 0 spiro atoms. The molecule has 0 bridgehead atoms. The minimum atomic E-state index is -2.98. The van der Waals surface area contributed by atoms with E-state index in [2.05, 4.69) is 10.1 Å². The quantitative estimate of drug-likeness (QED) is 0.795. The summed E-state index contributed by atoms with van der Waals surface area (Å²) in [5, 5.41) is 2.61. The molecule has 1 amide bonds. The molecule has 0 saturated heterocycles. The molecular weight excluding hydrogens is 304 g/mol. The van der Waals surface area contributed by atoms with Crippen LogP contribution in [-0.2, 0) is 0 Å². The lowest BCUT2D eigenvalue weighted by Crippen LogP contribution is -2.28. The van der Waals surface area contributed by atoms with Gasteiger partial charge in [0.1, 0.15) is 18.1 Å². The molecule has 0 aliphatic rings. The Balaban J connectivity index is 1.85. The Labute approximate surface area is 133 Å². The highest BCUT2D eigenvalue weighted by Crippen LogP contribution is 2.20. The fourth-order valence-electron chi connectivity index (χ4n) is 1.99. The summed E-state index contributed by atoms with van der Waals surface area (Å²) in [5.41, 5.74) is 1.13. The van der Waals surface area contributed by atoms with Gasteiger partial charge in [-0.1, -0.05) is 24.3 Å². The molecule has 0 unspecified atom stereocenters. The smallest absolute Gasteiger partial charge is 0.387 e. The fraction of sp³-hybridized carbons (Fsp3) is 0.235. The predicted octanol–water partition coefficient (Wildman–Crippen LogP) is 3.41. The number of benzene rings is 2. The summed E-state index contributed by atoms with van der Waals surface area (Å²) in [6.07, 6.45) is 0. The minimum absolute atomic E-state index is 0.0587. The van der Waals surface area contributed by atoms with Gasteiger partial charge in [-0.05, 0) is 36.8 Å². The summed E-state index contributed by atoms with van der Waals surface area (Å²) in [7, 11) is 0. The third-order valence-electron chi connectivity index (χ3n) is 2.99. The summed E-state index contributed by atoms with van der Waals surface area (Å²) in [5.74, 6) is 0.0642. The Morgan fingerprint density at radius 1 is 1.17 bits per heavy atom. The average Bonchev–Trinajstić information content (AvgIpc) is 2.51. The molecule has 0 atom stereocenters. The highest BCUT2D eigenvalue weighted by Gasteiger charge is 2.14. The van der Waals surface area contributed by atoms with Crippen LogP contribution >= 0.6 is 0 Å². The molecule has 23 heavy (non-hydrogen) atoms. The Morgan fingerprint density at radius 3 is 2.70 bits per heavy atom. The second-order valence-corrected chi connectivity index (χ2v) is 4.80. The Hall–Kier alpha value is -2.63. The highest BCUT2D eigenvalue weighted by molar-refractivity contribution is 5.96. The number of halogens is 2. The highest BCUT2D eigenvalue weighted by atomic mass is 19.3. The molecule has 0 fully saturated rings. The number of aryl methyl sites for hydroxylation is 1. The molecule has 0 radical (unpaired) electrons. The first-order chi connectivity index (χ1) is 11.1. The van der Waals surface area contributed by atoms with Crippen molar-refractivity contribution >= 4 is 5.91 Å². The maximum absolute atomic E-state index is 12.3. The number of hydrogen-bond acceptors (Lipinski definition) is 3. The number of alkyl halides is 2. The van der Waals surface area contributed by atoms with Gasteiger partial charge in [0.2, 0.25) is 0 Å². The van der Waals surface area contributed by atoms with Gasteiger partial charge in [0.05, 0.1) is 12.1 Å². The lowest BCUT2D eigenvalue weighted by Gasteiger charge is -2.11. The number of para-hydroxylation sites is 1. The van der Waals surface area contributed by atoms with Gasteiger partial charge >= 0.3 is 6.61 Å². The Bertz CT molecular complexity index is 662. The monoisotopic (exact) mass is 321 g/mol. The molecule has 2 aromatic rings. The number of amides is 1. The van der Waals surface area contributed by atoms with E-state index in [1.54, 1.807) is 6.07 Å². The van der Waals surface area contributed by atoms with Crippen LogP contribution in [0.5, 0.6) is 11.5 Å². The first-order valence-electron chi connectivity index (χ1n) is 7.08. The van der Waals surface area contributed by atoms with Gasteiger partial charge in [-0.2, -0.15) is 8.78 Å². The van der Waals surface area contributed by atoms with Crippen LogP contribution in [0.3, 0.4) is 0 Å². The number of carbonyl (C=O) groups is 1.